The second-order valence-corrected chi connectivity index (χ2v) is 29.6. The number of esters is 1. The van der Waals surface area contributed by atoms with Crippen molar-refractivity contribution in [2.75, 3.05) is 6.61 Å². The fraction of sp³-hybridized carbons (Fsp3) is 0.652. The molecule has 0 aromatic heterocycles. The molecule has 1 aliphatic heterocycles. The van der Waals surface area contributed by atoms with E-state index in [-0.39, 0.29) is 35.0 Å². The van der Waals surface area contributed by atoms with Crippen molar-refractivity contribution in [1.29, 1.82) is 0 Å². The van der Waals surface area contributed by atoms with Crippen LogP contribution in [-0.4, -0.2) is 52.8 Å². The molecule has 1 unspecified atom stereocenters. The number of halogens is 1. The minimum absolute atomic E-state index is 0.0160. The van der Waals surface area contributed by atoms with Crippen LogP contribution in [0.4, 0.5) is 0 Å². The van der Waals surface area contributed by atoms with Crippen LogP contribution in [0.2, 0.25) is 36.3 Å². The number of rotatable bonds is 22. The van der Waals surface area contributed by atoms with Gasteiger partial charge >= 0.3 is 5.97 Å². The van der Waals surface area contributed by atoms with Crippen LogP contribution in [0.25, 0.3) is 0 Å². The zero-order chi connectivity index (χ0) is 43.0. The Labute approximate surface area is 360 Å². The molecule has 0 bridgehead atoms. The molecule has 1 heterocycles. The first-order valence-electron chi connectivity index (χ1n) is 21.0. The zero-order valence-corrected chi connectivity index (χ0v) is 41.9. The SMILES string of the molecule is CCCC(/C=C/Oc1cc(CC(C)C)c(OCc2ccccc2)c(CO[Si](C)(C)C(C)(C)C)c1I)C(=O)C[C@H](O[Si](C)(C)C(C)(C)C)[C@@]1(C(=O)OCC)O[C@H]1CC. The second-order valence-electron chi connectivity index (χ2n) is 19.0. The summed E-state index contributed by atoms with van der Waals surface area (Å²) in [6.07, 6.45) is 5.28. The van der Waals surface area contributed by atoms with Gasteiger partial charge in [0.2, 0.25) is 5.60 Å². The van der Waals surface area contributed by atoms with Crippen LogP contribution in [0, 0.1) is 15.4 Å². The maximum absolute atomic E-state index is 14.4. The molecule has 0 spiro atoms. The van der Waals surface area contributed by atoms with E-state index in [1.807, 2.05) is 31.2 Å². The highest BCUT2D eigenvalue weighted by molar-refractivity contribution is 14.1. The van der Waals surface area contributed by atoms with Crippen LogP contribution in [0.5, 0.6) is 11.5 Å². The van der Waals surface area contributed by atoms with Gasteiger partial charge in [-0.05, 0) is 114 Å². The number of ketones is 1. The van der Waals surface area contributed by atoms with Gasteiger partial charge in [-0.15, -0.1) is 0 Å². The Morgan fingerprint density at radius 3 is 2.11 bits per heavy atom. The molecular weight excluding hydrogens is 864 g/mol. The van der Waals surface area contributed by atoms with Gasteiger partial charge in [-0.1, -0.05) is 106 Å². The van der Waals surface area contributed by atoms with E-state index in [1.54, 1.807) is 13.2 Å². The Morgan fingerprint density at radius 1 is 0.947 bits per heavy atom. The van der Waals surface area contributed by atoms with Crippen molar-refractivity contribution in [3.8, 4) is 11.5 Å². The maximum atomic E-state index is 14.4. The van der Waals surface area contributed by atoms with E-state index in [0.29, 0.717) is 37.7 Å². The third kappa shape index (κ3) is 12.7. The van der Waals surface area contributed by atoms with E-state index in [2.05, 4.69) is 129 Å². The normalized spacial score (nSPS) is 18.8. The van der Waals surface area contributed by atoms with E-state index < -0.39 is 40.2 Å². The largest absolute Gasteiger partial charge is 0.488 e. The lowest BCUT2D eigenvalue weighted by atomic mass is 9.88. The molecule has 11 heteroatoms. The van der Waals surface area contributed by atoms with Gasteiger partial charge in [-0.3, -0.25) is 4.79 Å². The highest BCUT2D eigenvalue weighted by Crippen LogP contribution is 2.49. The highest BCUT2D eigenvalue weighted by atomic mass is 127. The fourth-order valence-electron chi connectivity index (χ4n) is 6.37. The number of hydrogen-bond donors (Lipinski definition) is 0. The number of carbonyl (C=O) groups is 2. The van der Waals surface area contributed by atoms with Gasteiger partial charge in [0.15, 0.2) is 16.6 Å². The first kappa shape index (κ1) is 49.3. The molecule has 0 aliphatic carbocycles. The Kier molecular flexibility index (Phi) is 17.7. The summed E-state index contributed by atoms with van der Waals surface area (Å²) in [6, 6.07) is 12.3. The van der Waals surface area contributed by atoms with Crippen LogP contribution in [0.1, 0.15) is 119 Å². The molecule has 4 atom stereocenters. The third-order valence-electron chi connectivity index (χ3n) is 11.9. The predicted octanol–water partition coefficient (Wildman–Crippen LogP) is 12.4. The molecular formula is C46H73IO8Si2. The van der Waals surface area contributed by atoms with Gasteiger partial charge in [0, 0.05) is 17.9 Å². The molecule has 0 saturated carbocycles. The number of ether oxygens (including phenoxy) is 4. The number of allylic oxidation sites excluding steroid dienone is 1. The minimum Gasteiger partial charge on any atom is -0.488 e. The topological polar surface area (TPSA) is 92.8 Å². The van der Waals surface area contributed by atoms with Crippen molar-refractivity contribution in [3.63, 3.8) is 0 Å². The van der Waals surface area contributed by atoms with Gasteiger partial charge in [0.05, 0.1) is 29.1 Å². The quantitative estimate of drug-likeness (QED) is 0.0379. The third-order valence-corrected chi connectivity index (χ3v) is 22.1. The second kappa shape index (κ2) is 20.5. The highest BCUT2D eigenvalue weighted by Gasteiger charge is 2.69. The molecule has 2 aromatic carbocycles. The Bertz CT molecular complexity index is 1660. The summed E-state index contributed by atoms with van der Waals surface area (Å²) in [5.74, 6) is 1.01. The summed E-state index contributed by atoms with van der Waals surface area (Å²) < 4.78 is 39.5. The van der Waals surface area contributed by atoms with Crippen LogP contribution >= 0.6 is 22.6 Å². The molecule has 1 saturated heterocycles. The van der Waals surface area contributed by atoms with Crippen molar-refractivity contribution < 1.29 is 37.4 Å². The number of hydrogen-bond acceptors (Lipinski definition) is 8. The lowest BCUT2D eigenvalue weighted by Gasteiger charge is -2.40. The van der Waals surface area contributed by atoms with Crippen LogP contribution in [0.15, 0.2) is 48.7 Å². The summed E-state index contributed by atoms with van der Waals surface area (Å²) in [6.45, 7) is 33.3. The Hall–Kier alpha value is -2.04. The molecule has 1 aliphatic rings. The monoisotopic (exact) mass is 936 g/mol. The summed E-state index contributed by atoms with van der Waals surface area (Å²) in [5.41, 5.74) is 1.84. The van der Waals surface area contributed by atoms with E-state index in [0.717, 1.165) is 38.9 Å². The van der Waals surface area contributed by atoms with Crippen molar-refractivity contribution in [2.24, 2.45) is 11.8 Å². The lowest BCUT2D eigenvalue weighted by molar-refractivity contribution is -0.154. The number of benzene rings is 2. The summed E-state index contributed by atoms with van der Waals surface area (Å²) in [5, 5.41) is -0.102. The van der Waals surface area contributed by atoms with Crippen molar-refractivity contribution in [2.45, 2.75) is 176 Å². The zero-order valence-electron chi connectivity index (χ0n) is 37.7. The van der Waals surface area contributed by atoms with E-state index in [4.69, 9.17) is 27.8 Å². The number of epoxide rings is 1. The average molecular weight is 937 g/mol. The van der Waals surface area contributed by atoms with Gasteiger partial charge in [-0.2, -0.15) is 0 Å². The van der Waals surface area contributed by atoms with Gasteiger partial charge < -0.3 is 27.8 Å². The number of Topliss-reactive ketones (excluding diaryl/α,β-unsaturated/α-hetero) is 1. The fourth-order valence-corrected chi connectivity index (χ4v) is 9.32. The van der Waals surface area contributed by atoms with E-state index >= 15 is 0 Å². The summed E-state index contributed by atoms with van der Waals surface area (Å²) >= 11 is 2.36. The molecule has 0 amide bonds. The molecule has 0 radical (unpaired) electrons. The molecule has 1 fully saturated rings. The number of carbonyl (C=O) groups excluding carboxylic acids is 2. The standard InChI is InChI=1S/C46H73IO8Si2/c1-16-22-34(37(48)29-40(55-57(14,15)45(9,10)11)46(39(17-2)54-46)43(49)50-18-3)25-26-51-38-28-35(27-32(4)5)42(52-30-33-23-20-19-21-24-33)36(41(38)47)31-53-56(12,13)44(6,7)8/h19-21,23-26,28,32,34,39-40H,16-18,22,27,29-31H2,1-15H3/b26-25+/t34?,39-,40-,46-/m0/s1. The van der Waals surface area contributed by atoms with Crippen molar-refractivity contribution in [3.05, 3.63) is 69.0 Å². The van der Waals surface area contributed by atoms with Crippen LogP contribution in [0.3, 0.4) is 0 Å². The van der Waals surface area contributed by atoms with Crippen molar-refractivity contribution >= 4 is 51.0 Å². The molecule has 320 valence electrons. The smallest absolute Gasteiger partial charge is 0.343 e. The molecule has 3 rings (SSSR count). The van der Waals surface area contributed by atoms with Crippen LogP contribution < -0.4 is 9.47 Å². The van der Waals surface area contributed by atoms with E-state index in [9.17, 15) is 9.59 Å². The Balaban J connectivity index is 2.02. The van der Waals surface area contributed by atoms with Crippen molar-refractivity contribution in [1.82, 2.24) is 0 Å². The lowest BCUT2D eigenvalue weighted by Crippen LogP contribution is -2.52. The molecule has 57 heavy (non-hydrogen) atoms. The van der Waals surface area contributed by atoms with Gasteiger partial charge in [-0.25, -0.2) is 4.79 Å². The Morgan fingerprint density at radius 2 is 1.58 bits per heavy atom. The predicted molar refractivity (Wildman–Crippen MR) is 245 cm³/mol. The molecule has 2 aromatic rings. The van der Waals surface area contributed by atoms with Crippen LogP contribution in [-0.2, 0) is 47.5 Å². The van der Waals surface area contributed by atoms with Gasteiger partial charge in [0.25, 0.3) is 0 Å². The molecule has 8 nitrogen and oxygen atoms in total. The van der Waals surface area contributed by atoms with Gasteiger partial charge in [0.1, 0.15) is 30.0 Å². The minimum atomic E-state index is -2.43. The van der Waals surface area contributed by atoms with E-state index in [1.165, 1.54) is 0 Å². The molecule has 0 N–H and O–H groups in total. The summed E-state index contributed by atoms with van der Waals surface area (Å²) in [7, 11) is -4.54. The first-order valence-corrected chi connectivity index (χ1v) is 27.9. The maximum Gasteiger partial charge on any atom is 0.343 e. The average Bonchev–Trinajstić information content (AvgIpc) is 3.86. The first-order chi connectivity index (χ1) is 26.4. The summed E-state index contributed by atoms with van der Waals surface area (Å²) in [4.78, 5) is 27.9.